The molecule has 1 amide bonds. The maximum absolute atomic E-state index is 12.3. The van der Waals surface area contributed by atoms with Gasteiger partial charge in [-0.2, -0.15) is 0 Å². The van der Waals surface area contributed by atoms with Crippen LogP contribution in [0.4, 0.5) is 11.4 Å². The lowest BCUT2D eigenvalue weighted by atomic mass is 10.0. The topological polar surface area (TPSA) is 55.1 Å². The zero-order valence-electron chi connectivity index (χ0n) is 12.5. The smallest absolute Gasteiger partial charge is 0.228 e. The van der Waals surface area contributed by atoms with Crippen molar-refractivity contribution in [2.45, 2.75) is 27.2 Å². The van der Waals surface area contributed by atoms with Crippen LogP contribution in [0.5, 0.6) is 0 Å². The fourth-order valence-corrected chi connectivity index (χ4v) is 2.88. The summed E-state index contributed by atoms with van der Waals surface area (Å²) in [7, 11) is 0. The van der Waals surface area contributed by atoms with Crippen LogP contribution in [-0.2, 0) is 11.2 Å². The molecule has 0 spiro atoms. The number of hydrogen-bond acceptors (Lipinski definition) is 2. The number of carbonyl (C=O) groups excluding carboxylic acids is 1. The van der Waals surface area contributed by atoms with Crippen molar-refractivity contribution in [1.82, 2.24) is 0 Å². The van der Waals surface area contributed by atoms with Gasteiger partial charge in [0.05, 0.1) is 17.8 Å². The average molecular weight is 347 g/mol. The van der Waals surface area contributed by atoms with Crippen molar-refractivity contribution >= 4 is 33.2 Å². The van der Waals surface area contributed by atoms with Crippen LogP contribution in [0.25, 0.3) is 0 Å². The number of aryl methyl sites for hydroxylation is 3. The van der Waals surface area contributed by atoms with Crippen molar-refractivity contribution in [3.63, 3.8) is 0 Å². The Morgan fingerprint density at radius 1 is 1.14 bits per heavy atom. The van der Waals surface area contributed by atoms with Gasteiger partial charge in [0.25, 0.3) is 0 Å². The number of hydrogen-bond donors (Lipinski definition) is 2. The summed E-state index contributed by atoms with van der Waals surface area (Å²) in [6, 6.07) is 9.86. The number of carbonyl (C=O) groups is 1. The normalized spacial score (nSPS) is 10.5. The highest BCUT2D eigenvalue weighted by molar-refractivity contribution is 9.10. The van der Waals surface area contributed by atoms with Gasteiger partial charge in [-0.05, 0) is 49.6 Å². The predicted octanol–water partition coefficient (Wildman–Crippen LogP) is 4.14. The summed E-state index contributed by atoms with van der Waals surface area (Å²) in [4.78, 5) is 12.3. The zero-order valence-corrected chi connectivity index (χ0v) is 14.0. The van der Waals surface area contributed by atoms with E-state index in [1.54, 1.807) is 6.07 Å². The molecule has 0 aliphatic carbocycles. The highest BCUT2D eigenvalue weighted by atomic mass is 79.9. The molecule has 0 aliphatic rings. The van der Waals surface area contributed by atoms with Crippen LogP contribution >= 0.6 is 15.9 Å². The number of nitrogens with one attached hydrogen (secondary N) is 1. The lowest BCUT2D eigenvalue weighted by molar-refractivity contribution is -0.115. The van der Waals surface area contributed by atoms with Crippen LogP contribution in [0.1, 0.15) is 22.3 Å². The second-order valence-electron chi connectivity index (χ2n) is 5.34. The largest absolute Gasteiger partial charge is 0.397 e. The standard InChI is InChI=1S/C17H19BrN2O/c1-10-4-5-11(2)13(6-10)8-16(21)20-17-12(3)7-14(18)9-15(17)19/h4-7,9H,8,19H2,1-3H3,(H,20,21). The maximum atomic E-state index is 12.3. The van der Waals surface area contributed by atoms with Crippen LogP contribution in [0.2, 0.25) is 0 Å². The van der Waals surface area contributed by atoms with E-state index in [1.807, 2.05) is 45.0 Å². The van der Waals surface area contributed by atoms with E-state index in [4.69, 9.17) is 5.73 Å². The first-order valence-corrected chi connectivity index (χ1v) is 7.57. The molecule has 0 heterocycles. The Morgan fingerprint density at radius 3 is 2.52 bits per heavy atom. The third-order valence-corrected chi connectivity index (χ3v) is 3.91. The summed E-state index contributed by atoms with van der Waals surface area (Å²) in [5.74, 6) is -0.0548. The Kier molecular flexibility index (Phi) is 4.68. The molecule has 3 N–H and O–H groups in total. The van der Waals surface area contributed by atoms with E-state index in [2.05, 4.69) is 21.2 Å². The van der Waals surface area contributed by atoms with Gasteiger partial charge in [-0.1, -0.05) is 39.7 Å². The number of nitrogen functional groups attached to an aromatic ring is 1. The Labute approximate surface area is 133 Å². The van der Waals surface area contributed by atoms with Gasteiger partial charge in [-0.3, -0.25) is 4.79 Å². The first-order chi connectivity index (χ1) is 9.86. The van der Waals surface area contributed by atoms with Gasteiger partial charge in [0, 0.05) is 4.47 Å². The van der Waals surface area contributed by atoms with Crippen LogP contribution in [0.15, 0.2) is 34.8 Å². The molecular formula is C17H19BrN2O. The quantitative estimate of drug-likeness (QED) is 0.820. The minimum absolute atomic E-state index is 0.0548. The lowest BCUT2D eigenvalue weighted by Crippen LogP contribution is -2.17. The lowest BCUT2D eigenvalue weighted by Gasteiger charge is -2.13. The van der Waals surface area contributed by atoms with Gasteiger partial charge < -0.3 is 11.1 Å². The first kappa shape index (κ1) is 15.6. The monoisotopic (exact) mass is 346 g/mol. The van der Waals surface area contributed by atoms with Crippen LogP contribution < -0.4 is 11.1 Å². The molecule has 2 aromatic carbocycles. The van der Waals surface area contributed by atoms with Crippen molar-refractivity contribution in [1.29, 1.82) is 0 Å². The van der Waals surface area contributed by atoms with Crippen LogP contribution in [0, 0.1) is 20.8 Å². The number of halogens is 1. The number of rotatable bonds is 3. The van der Waals surface area contributed by atoms with Crippen molar-refractivity contribution < 1.29 is 4.79 Å². The van der Waals surface area contributed by atoms with E-state index in [9.17, 15) is 4.79 Å². The number of nitrogens with two attached hydrogens (primary N) is 1. The van der Waals surface area contributed by atoms with Crippen molar-refractivity contribution in [2.75, 3.05) is 11.1 Å². The highest BCUT2D eigenvalue weighted by Crippen LogP contribution is 2.28. The first-order valence-electron chi connectivity index (χ1n) is 6.78. The number of amides is 1. The van der Waals surface area contributed by atoms with Crippen molar-refractivity contribution in [3.05, 3.63) is 57.1 Å². The summed E-state index contributed by atoms with van der Waals surface area (Å²) in [6.45, 7) is 5.97. The van der Waals surface area contributed by atoms with E-state index < -0.39 is 0 Å². The molecule has 2 aromatic rings. The van der Waals surface area contributed by atoms with Gasteiger partial charge in [0.2, 0.25) is 5.91 Å². The Bertz CT molecular complexity index is 672. The van der Waals surface area contributed by atoms with Gasteiger partial charge in [-0.25, -0.2) is 0 Å². The summed E-state index contributed by atoms with van der Waals surface area (Å²) >= 11 is 3.39. The molecule has 0 fully saturated rings. The molecule has 2 rings (SSSR count). The average Bonchev–Trinajstić information content (AvgIpc) is 2.38. The fraction of sp³-hybridized carbons (Fsp3) is 0.235. The van der Waals surface area contributed by atoms with Crippen LogP contribution in [-0.4, -0.2) is 5.91 Å². The second kappa shape index (κ2) is 6.31. The molecule has 0 saturated carbocycles. The summed E-state index contributed by atoms with van der Waals surface area (Å²) in [5.41, 5.74) is 11.5. The zero-order chi connectivity index (χ0) is 15.6. The molecule has 0 bridgehead atoms. The molecule has 4 heteroatoms. The molecule has 21 heavy (non-hydrogen) atoms. The van der Waals surface area contributed by atoms with E-state index in [0.29, 0.717) is 17.8 Å². The van der Waals surface area contributed by atoms with Crippen molar-refractivity contribution in [2.24, 2.45) is 0 Å². The molecule has 110 valence electrons. The molecule has 0 unspecified atom stereocenters. The van der Waals surface area contributed by atoms with E-state index in [0.717, 1.165) is 26.7 Å². The van der Waals surface area contributed by atoms with Gasteiger partial charge >= 0.3 is 0 Å². The van der Waals surface area contributed by atoms with Gasteiger partial charge in [-0.15, -0.1) is 0 Å². The van der Waals surface area contributed by atoms with Crippen molar-refractivity contribution in [3.8, 4) is 0 Å². The summed E-state index contributed by atoms with van der Waals surface area (Å²) in [6.07, 6.45) is 0.350. The highest BCUT2D eigenvalue weighted by Gasteiger charge is 2.11. The molecule has 0 atom stereocenters. The maximum Gasteiger partial charge on any atom is 0.228 e. The minimum Gasteiger partial charge on any atom is -0.397 e. The Balaban J connectivity index is 2.17. The Morgan fingerprint density at radius 2 is 1.86 bits per heavy atom. The molecule has 0 saturated heterocycles. The van der Waals surface area contributed by atoms with Crippen LogP contribution in [0.3, 0.4) is 0 Å². The summed E-state index contributed by atoms with van der Waals surface area (Å²) < 4.78 is 0.907. The van der Waals surface area contributed by atoms with E-state index in [1.165, 1.54) is 0 Å². The predicted molar refractivity (Wildman–Crippen MR) is 91.5 cm³/mol. The molecule has 0 aromatic heterocycles. The SMILES string of the molecule is Cc1ccc(C)c(CC(=O)Nc2c(C)cc(Br)cc2N)c1. The van der Waals surface area contributed by atoms with Gasteiger partial charge in [0.1, 0.15) is 0 Å². The molecule has 0 aliphatic heterocycles. The van der Waals surface area contributed by atoms with E-state index >= 15 is 0 Å². The minimum atomic E-state index is -0.0548. The molecular weight excluding hydrogens is 328 g/mol. The molecule has 3 nitrogen and oxygen atoms in total. The summed E-state index contributed by atoms with van der Waals surface area (Å²) in [5, 5.41) is 2.92. The number of benzene rings is 2. The fourth-order valence-electron chi connectivity index (χ4n) is 2.29. The van der Waals surface area contributed by atoms with Gasteiger partial charge in [0.15, 0.2) is 0 Å². The third kappa shape index (κ3) is 3.85. The van der Waals surface area contributed by atoms with E-state index in [-0.39, 0.29) is 5.91 Å². The number of anilines is 2. The second-order valence-corrected chi connectivity index (χ2v) is 6.26. The third-order valence-electron chi connectivity index (χ3n) is 3.45. The Hall–Kier alpha value is -1.81. The molecule has 0 radical (unpaired) electrons.